The average molecular weight is 308 g/mol. The molecule has 1 unspecified atom stereocenters. The summed E-state index contributed by atoms with van der Waals surface area (Å²) in [5.74, 6) is -1.32. The monoisotopic (exact) mass is 308 g/mol. The molecule has 4 heteroatoms. The predicted octanol–water partition coefficient (Wildman–Crippen LogP) is 3.59. The van der Waals surface area contributed by atoms with Gasteiger partial charge in [0.15, 0.2) is 0 Å². The minimum Gasteiger partial charge on any atom is -0.481 e. The number of aryl methyl sites for hydroxylation is 1. The molecule has 0 amide bonds. The van der Waals surface area contributed by atoms with Gasteiger partial charge in [-0.1, -0.05) is 37.3 Å². The van der Waals surface area contributed by atoms with Crippen LogP contribution < -0.4 is 4.90 Å². The first-order valence-corrected chi connectivity index (χ1v) is 7.53. The Bertz CT molecular complexity index is 734. The number of hydrogen-bond acceptors (Lipinski definition) is 3. The van der Waals surface area contributed by atoms with Crippen molar-refractivity contribution >= 4 is 11.7 Å². The number of nitriles is 1. The summed E-state index contributed by atoms with van der Waals surface area (Å²) in [6.45, 7) is 4.74. The normalized spacial score (nSPS) is 11.5. The van der Waals surface area contributed by atoms with Crippen LogP contribution >= 0.6 is 0 Å². The van der Waals surface area contributed by atoms with Crippen LogP contribution in [0.1, 0.15) is 23.6 Å². The van der Waals surface area contributed by atoms with Gasteiger partial charge in [-0.3, -0.25) is 4.79 Å². The van der Waals surface area contributed by atoms with Gasteiger partial charge in [-0.2, -0.15) is 5.26 Å². The van der Waals surface area contributed by atoms with E-state index in [-0.39, 0.29) is 0 Å². The Labute approximate surface area is 136 Å². The van der Waals surface area contributed by atoms with E-state index in [0.717, 1.165) is 16.8 Å². The molecular weight excluding hydrogens is 288 g/mol. The van der Waals surface area contributed by atoms with E-state index in [1.54, 1.807) is 19.1 Å². The van der Waals surface area contributed by atoms with Gasteiger partial charge in [0.2, 0.25) is 0 Å². The summed E-state index contributed by atoms with van der Waals surface area (Å²) in [5.41, 5.74) is 3.74. The predicted molar refractivity (Wildman–Crippen MR) is 90.2 cm³/mol. The number of carboxylic acids is 1. The Kier molecular flexibility index (Phi) is 5.37. The maximum Gasteiger partial charge on any atom is 0.308 e. The molecule has 23 heavy (non-hydrogen) atoms. The molecule has 118 valence electrons. The highest BCUT2D eigenvalue weighted by Crippen LogP contribution is 2.21. The van der Waals surface area contributed by atoms with Gasteiger partial charge in [-0.25, -0.2) is 0 Å². The highest BCUT2D eigenvalue weighted by atomic mass is 16.4. The fourth-order valence-corrected chi connectivity index (χ4v) is 2.44. The van der Waals surface area contributed by atoms with Crippen molar-refractivity contribution in [2.24, 2.45) is 5.92 Å². The molecule has 2 aromatic rings. The minimum absolute atomic E-state index is 0.387. The van der Waals surface area contributed by atoms with Gasteiger partial charge in [-0.05, 0) is 36.2 Å². The fourth-order valence-electron chi connectivity index (χ4n) is 2.44. The molecule has 0 saturated heterocycles. The van der Waals surface area contributed by atoms with Crippen LogP contribution in [0.2, 0.25) is 0 Å². The molecule has 2 aromatic carbocycles. The summed E-state index contributed by atoms with van der Waals surface area (Å²) in [5, 5.41) is 18.3. The minimum atomic E-state index is -0.823. The number of anilines is 1. The summed E-state index contributed by atoms with van der Waals surface area (Å²) in [6, 6.07) is 17.5. The molecule has 0 fully saturated rings. The largest absolute Gasteiger partial charge is 0.481 e. The van der Waals surface area contributed by atoms with Crippen molar-refractivity contribution in [3.63, 3.8) is 0 Å². The number of aliphatic carboxylic acids is 1. The third-order valence-corrected chi connectivity index (χ3v) is 3.88. The van der Waals surface area contributed by atoms with Crippen LogP contribution in [0.4, 0.5) is 5.69 Å². The standard InChI is InChI=1S/C19H20N2O2/c1-14-6-3-4-8-17(14)13-21(12-15(2)19(22)23)18-9-5-7-16(10-18)11-20/h3-10,15H,12-13H2,1-2H3,(H,22,23). The van der Waals surface area contributed by atoms with Gasteiger partial charge in [0, 0.05) is 18.8 Å². The van der Waals surface area contributed by atoms with Crippen molar-refractivity contribution in [3.05, 3.63) is 65.2 Å². The molecule has 1 N–H and O–H groups in total. The van der Waals surface area contributed by atoms with Crippen molar-refractivity contribution in [3.8, 4) is 6.07 Å². The van der Waals surface area contributed by atoms with Gasteiger partial charge in [-0.15, -0.1) is 0 Å². The van der Waals surface area contributed by atoms with Crippen molar-refractivity contribution in [1.82, 2.24) is 0 Å². The number of hydrogen-bond donors (Lipinski definition) is 1. The topological polar surface area (TPSA) is 64.3 Å². The van der Waals surface area contributed by atoms with Crippen molar-refractivity contribution in [2.45, 2.75) is 20.4 Å². The third kappa shape index (κ3) is 4.33. The lowest BCUT2D eigenvalue weighted by Gasteiger charge is -2.27. The van der Waals surface area contributed by atoms with E-state index in [1.165, 1.54) is 0 Å². The van der Waals surface area contributed by atoms with Crippen LogP contribution in [-0.2, 0) is 11.3 Å². The maximum absolute atomic E-state index is 11.2. The SMILES string of the molecule is Cc1ccccc1CN(CC(C)C(=O)O)c1cccc(C#N)c1. The first-order chi connectivity index (χ1) is 11.0. The lowest BCUT2D eigenvalue weighted by atomic mass is 10.1. The van der Waals surface area contributed by atoms with Crippen molar-refractivity contribution < 1.29 is 9.90 Å². The summed E-state index contributed by atoms with van der Waals surface area (Å²) in [7, 11) is 0. The molecule has 0 saturated carbocycles. The zero-order valence-corrected chi connectivity index (χ0v) is 13.4. The molecule has 4 nitrogen and oxygen atoms in total. The Morgan fingerprint density at radius 1 is 1.26 bits per heavy atom. The third-order valence-electron chi connectivity index (χ3n) is 3.88. The highest BCUT2D eigenvalue weighted by Gasteiger charge is 2.18. The molecule has 1 atom stereocenters. The number of rotatable bonds is 6. The van der Waals surface area contributed by atoms with E-state index in [4.69, 9.17) is 5.26 Å². The molecular formula is C19H20N2O2. The fraction of sp³-hybridized carbons (Fsp3) is 0.263. The van der Waals surface area contributed by atoms with E-state index in [0.29, 0.717) is 18.7 Å². The second-order valence-electron chi connectivity index (χ2n) is 5.71. The van der Waals surface area contributed by atoms with E-state index in [2.05, 4.69) is 6.07 Å². The smallest absolute Gasteiger partial charge is 0.308 e. The molecule has 2 rings (SSSR count). The lowest BCUT2D eigenvalue weighted by molar-refractivity contribution is -0.140. The summed E-state index contributed by atoms with van der Waals surface area (Å²) in [6.07, 6.45) is 0. The van der Waals surface area contributed by atoms with E-state index >= 15 is 0 Å². The van der Waals surface area contributed by atoms with Crippen LogP contribution in [0, 0.1) is 24.2 Å². The van der Waals surface area contributed by atoms with Crippen LogP contribution in [0.5, 0.6) is 0 Å². The Balaban J connectivity index is 2.33. The Hall–Kier alpha value is -2.80. The molecule has 0 radical (unpaired) electrons. The van der Waals surface area contributed by atoms with Crippen molar-refractivity contribution in [1.29, 1.82) is 5.26 Å². The van der Waals surface area contributed by atoms with Crippen LogP contribution in [0.15, 0.2) is 48.5 Å². The summed E-state index contributed by atoms with van der Waals surface area (Å²) >= 11 is 0. The first kappa shape index (κ1) is 16.6. The van der Waals surface area contributed by atoms with Gasteiger partial charge in [0.1, 0.15) is 0 Å². The number of benzene rings is 2. The molecule has 0 aliphatic rings. The number of nitrogens with zero attached hydrogens (tertiary/aromatic N) is 2. The maximum atomic E-state index is 11.2. The molecule has 0 aliphatic carbocycles. The molecule has 0 spiro atoms. The molecule has 0 heterocycles. The Morgan fingerprint density at radius 2 is 2.00 bits per heavy atom. The van der Waals surface area contributed by atoms with Crippen LogP contribution in [-0.4, -0.2) is 17.6 Å². The first-order valence-electron chi connectivity index (χ1n) is 7.53. The number of carboxylic acid groups (broad SMARTS) is 1. The van der Waals surface area contributed by atoms with E-state index < -0.39 is 11.9 Å². The van der Waals surface area contributed by atoms with Gasteiger partial charge in [0.25, 0.3) is 0 Å². The average Bonchev–Trinajstić information content (AvgIpc) is 2.56. The van der Waals surface area contributed by atoms with Gasteiger partial charge < -0.3 is 10.0 Å². The second-order valence-corrected chi connectivity index (χ2v) is 5.71. The van der Waals surface area contributed by atoms with Gasteiger partial charge >= 0.3 is 5.97 Å². The molecule has 0 bridgehead atoms. The lowest BCUT2D eigenvalue weighted by Crippen LogP contribution is -2.31. The zero-order valence-electron chi connectivity index (χ0n) is 13.4. The van der Waals surface area contributed by atoms with Crippen LogP contribution in [0.25, 0.3) is 0 Å². The Morgan fingerprint density at radius 3 is 2.65 bits per heavy atom. The highest BCUT2D eigenvalue weighted by molar-refractivity contribution is 5.70. The number of carbonyl (C=O) groups is 1. The van der Waals surface area contributed by atoms with Crippen molar-refractivity contribution in [2.75, 3.05) is 11.4 Å². The van der Waals surface area contributed by atoms with Gasteiger partial charge in [0.05, 0.1) is 17.6 Å². The summed E-state index contributed by atoms with van der Waals surface area (Å²) in [4.78, 5) is 13.2. The quantitative estimate of drug-likeness (QED) is 0.885. The van der Waals surface area contributed by atoms with Crippen LogP contribution in [0.3, 0.4) is 0 Å². The summed E-state index contributed by atoms with van der Waals surface area (Å²) < 4.78 is 0. The van der Waals surface area contributed by atoms with E-state index in [9.17, 15) is 9.90 Å². The van der Waals surface area contributed by atoms with E-state index in [1.807, 2.05) is 48.2 Å². The second kappa shape index (κ2) is 7.46. The molecule has 0 aliphatic heterocycles. The molecule has 0 aromatic heterocycles. The zero-order chi connectivity index (χ0) is 16.8.